The normalized spacial score (nSPS) is 14.0. The van der Waals surface area contributed by atoms with Crippen molar-refractivity contribution in [1.29, 1.82) is 0 Å². The Balaban J connectivity index is 1.65. The summed E-state index contributed by atoms with van der Waals surface area (Å²) in [6.45, 7) is 0.676. The zero-order valence-electron chi connectivity index (χ0n) is 13.3. The van der Waals surface area contributed by atoms with Crippen molar-refractivity contribution in [2.75, 3.05) is 16.8 Å². The van der Waals surface area contributed by atoms with Crippen LogP contribution in [-0.4, -0.2) is 18.4 Å². The van der Waals surface area contributed by atoms with E-state index in [0.717, 1.165) is 17.7 Å². The van der Waals surface area contributed by atoms with Gasteiger partial charge in [0.1, 0.15) is 5.82 Å². The van der Waals surface area contributed by atoms with Gasteiger partial charge in [0.05, 0.1) is 11.4 Å². The molecular formula is C19H19FN2O2. The lowest BCUT2D eigenvalue weighted by Crippen LogP contribution is -2.25. The zero-order chi connectivity index (χ0) is 16.9. The van der Waals surface area contributed by atoms with E-state index in [2.05, 4.69) is 5.32 Å². The van der Waals surface area contributed by atoms with Gasteiger partial charge in [0.25, 0.3) is 0 Å². The number of halogens is 1. The molecule has 1 aliphatic heterocycles. The minimum Gasteiger partial charge on any atom is -0.324 e. The number of carbonyl (C=O) groups excluding carboxylic acids is 2. The highest BCUT2D eigenvalue weighted by molar-refractivity contribution is 6.02. The lowest BCUT2D eigenvalue weighted by molar-refractivity contribution is -0.117. The number of amides is 2. The number of rotatable bonds is 5. The third kappa shape index (κ3) is 3.79. The molecule has 0 radical (unpaired) electrons. The Morgan fingerprint density at radius 1 is 1.17 bits per heavy atom. The molecule has 3 rings (SSSR count). The molecule has 0 atom stereocenters. The lowest BCUT2D eigenvalue weighted by Gasteiger charge is -2.20. The highest BCUT2D eigenvalue weighted by Crippen LogP contribution is 2.29. The van der Waals surface area contributed by atoms with Crippen molar-refractivity contribution >= 4 is 23.2 Å². The number of carbonyl (C=O) groups is 2. The third-order valence-electron chi connectivity index (χ3n) is 4.07. The molecule has 2 amide bonds. The van der Waals surface area contributed by atoms with E-state index in [-0.39, 0.29) is 24.1 Å². The number of benzene rings is 2. The molecule has 1 aliphatic rings. The fourth-order valence-corrected chi connectivity index (χ4v) is 2.88. The molecule has 0 aromatic heterocycles. The minimum atomic E-state index is -0.300. The minimum absolute atomic E-state index is 0.0801. The van der Waals surface area contributed by atoms with Gasteiger partial charge in [0.2, 0.25) is 11.8 Å². The Kier molecular flexibility index (Phi) is 4.89. The van der Waals surface area contributed by atoms with Crippen LogP contribution in [0.4, 0.5) is 15.8 Å². The van der Waals surface area contributed by atoms with Crippen LogP contribution in [0.2, 0.25) is 0 Å². The van der Waals surface area contributed by atoms with Gasteiger partial charge in [-0.05, 0) is 42.7 Å². The number of nitrogens with zero attached hydrogens (tertiary/aromatic N) is 1. The molecule has 1 heterocycles. The van der Waals surface area contributed by atoms with Gasteiger partial charge >= 0.3 is 0 Å². The molecule has 0 aliphatic carbocycles. The van der Waals surface area contributed by atoms with Gasteiger partial charge < -0.3 is 10.2 Å². The Morgan fingerprint density at radius 2 is 2.00 bits per heavy atom. The highest BCUT2D eigenvalue weighted by atomic mass is 19.1. The van der Waals surface area contributed by atoms with Crippen LogP contribution >= 0.6 is 0 Å². The first-order valence-corrected chi connectivity index (χ1v) is 8.07. The van der Waals surface area contributed by atoms with E-state index in [1.807, 2.05) is 18.2 Å². The van der Waals surface area contributed by atoms with E-state index in [4.69, 9.17) is 0 Å². The van der Waals surface area contributed by atoms with E-state index in [9.17, 15) is 14.0 Å². The Labute approximate surface area is 140 Å². The summed E-state index contributed by atoms with van der Waals surface area (Å²) >= 11 is 0. The maximum absolute atomic E-state index is 13.2. The second-order valence-electron chi connectivity index (χ2n) is 5.84. The van der Waals surface area contributed by atoms with Gasteiger partial charge in [-0.15, -0.1) is 0 Å². The van der Waals surface area contributed by atoms with Gasteiger partial charge in [-0.25, -0.2) is 4.39 Å². The van der Waals surface area contributed by atoms with Crippen molar-refractivity contribution < 1.29 is 14.0 Å². The summed E-state index contributed by atoms with van der Waals surface area (Å²) in [5.74, 6) is -0.374. The molecule has 4 nitrogen and oxygen atoms in total. The van der Waals surface area contributed by atoms with Crippen LogP contribution in [0.3, 0.4) is 0 Å². The number of nitrogens with one attached hydrogen (secondary N) is 1. The Morgan fingerprint density at radius 3 is 2.75 bits per heavy atom. The van der Waals surface area contributed by atoms with E-state index < -0.39 is 0 Å². The summed E-state index contributed by atoms with van der Waals surface area (Å²) in [5.41, 5.74) is 2.16. The highest BCUT2D eigenvalue weighted by Gasteiger charge is 2.24. The van der Waals surface area contributed by atoms with Crippen LogP contribution in [0.1, 0.15) is 24.8 Å². The summed E-state index contributed by atoms with van der Waals surface area (Å²) < 4.78 is 13.2. The first-order valence-electron chi connectivity index (χ1n) is 8.07. The van der Waals surface area contributed by atoms with Crippen molar-refractivity contribution in [2.45, 2.75) is 25.7 Å². The first-order chi connectivity index (χ1) is 11.6. The predicted octanol–water partition coefficient (Wildman–Crippen LogP) is 3.52. The second kappa shape index (κ2) is 7.25. The fraction of sp³-hybridized carbons (Fsp3) is 0.263. The standard InChI is InChI=1S/C19H19FN2O2/c20-15-6-3-5-14(13-15)10-11-18(23)21-16-7-1-2-8-17(16)22-12-4-9-19(22)24/h1-3,5-8,13H,4,9-12H2,(H,21,23). The zero-order valence-corrected chi connectivity index (χ0v) is 13.3. The molecule has 5 heteroatoms. The Bertz CT molecular complexity index is 761. The average Bonchev–Trinajstić information content (AvgIpc) is 2.99. The van der Waals surface area contributed by atoms with Crippen molar-refractivity contribution in [1.82, 2.24) is 0 Å². The summed E-state index contributed by atoms with van der Waals surface area (Å²) in [6.07, 6.45) is 2.10. The van der Waals surface area contributed by atoms with Gasteiger partial charge in [0, 0.05) is 19.4 Å². The van der Waals surface area contributed by atoms with Crippen LogP contribution in [-0.2, 0) is 16.0 Å². The first kappa shape index (κ1) is 16.2. The van der Waals surface area contributed by atoms with Crippen molar-refractivity contribution in [3.05, 3.63) is 59.9 Å². The molecule has 1 saturated heterocycles. The van der Waals surface area contributed by atoms with Gasteiger partial charge in [-0.3, -0.25) is 9.59 Å². The van der Waals surface area contributed by atoms with E-state index in [1.165, 1.54) is 12.1 Å². The van der Waals surface area contributed by atoms with E-state index >= 15 is 0 Å². The molecule has 0 unspecified atom stereocenters. The molecule has 124 valence electrons. The topological polar surface area (TPSA) is 49.4 Å². The number of aryl methyl sites for hydroxylation is 1. The summed E-state index contributed by atoms with van der Waals surface area (Å²) in [5, 5.41) is 2.87. The van der Waals surface area contributed by atoms with Gasteiger partial charge in [0.15, 0.2) is 0 Å². The van der Waals surface area contributed by atoms with Gasteiger partial charge in [-0.2, -0.15) is 0 Å². The molecule has 2 aromatic carbocycles. The van der Waals surface area contributed by atoms with Gasteiger partial charge in [-0.1, -0.05) is 24.3 Å². The molecule has 1 fully saturated rings. The molecule has 24 heavy (non-hydrogen) atoms. The quantitative estimate of drug-likeness (QED) is 0.914. The predicted molar refractivity (Wildman–Crippen MR) is 91.4 cm³/mol. The maximum Gasteiger partial charge on any atom is 0.227 e. The van der Waals surface area contributed by atoms with Crippen LogP contribution in [0.15, 0.2) is 48.5 Å². The molecule has 0 saturated carbocycles. The van der Waals surface area contributed by atoms with Crippen molar-refractivity contribution in [3.8, 4) is 0 Å². The van der Waals surface area contributed by atoms with E-state index in [0.29, 0.717) is 25.1 Å². The average molecular weight is 326 g/mol. The maximum atomic E-state index is 13.2. The Hall–Kier alpha value is -2.69. The van der Waals surface area contributed by atoms with Crippen LogP contribution < -0.4 is 10.2 Å². The third-order valence-corrected chi connectivity index (χ3v) is 4.07. The smallest absolute Gasteiger partial charge is 0.227 e. The number of anilines is 2. The largest absolute Gasteiger partial charge is 0.324 e. The SMILES string of the molecule is O=C(CCc1cccc(F)c1)Nc1ccccc1N1CCCC1=O. The summed E-state index contributed by atoms with van der Waals surface area (Å²) in [7, 11) is 0. The number of para-hydroxylation sites is 2. The second-order valence-corrected chi connectivity index (χ2v) is 5.84. The van der Waals surface area contributed by atoms with Crippen LogP contribution in [0.25, 0.3) is 0 Å². The van der Waals surface area contributed by atoms with Crippen molar-refractivity contribution in [2.24, 2.45) is 0 Å². The monoisotopic (exact) mass is 326 g/mol. The number of hydrogen-bond donors (Lipinski definition) is 1. The molecule has 0 bridgehead atoms. The molecule has 2 aromatic rings. The van der Waals surface area contributed by atoms with Crippen molar-refractivity contribution in [3.63, 3.8) is 0 Å². The summed E-state index contributed by atoms with van der Waals surface area (Å²) in [4.78, 5) is 25.9. The summed E-state index contributed by atoms with van der Waals surface area (Å²) in [6, 6.07) is 13.6. The number of hydrogen-bond acceptors (Lipinski definition) is 2. The molecule has 1 N–H and O–H groups in total. The molecular weight excluding hydrogens is 307 g/mol. The fourth-order valence-electron chi connectivity index (χ4n) is 2.88. The lowest BCUT2D eigenvalue weighted by atomic mass is 10.1. The van der Waals surface area contributed by atoms with E-state index in [1.54, 1.807) is 23.1 Å². The molecule has 0 spiro atoms. The van der Waals surface area contributed by atoms with Crippen LogP contribution in [0.5, 0.6) is 0 Å². The van der Waals surface area contributed by atoms with Crippen LogP contribution in [0, 0.1) is 5.82 Å².